The fraction of sp³-hybridized carbons (Fsp3) is 0.478. The number of nitrogens with zero attached hydrogens (tertiary/aromatic N) is 4. The molecule has 35 heavy (non-hydrogen) atoms. The minimum Gasteiger partial charge on any atom is -0.396 e. The molecule has 2 fully saturated rings. The van der Waals surface area contributed by atoms with Crippen LogP contribution in [0.2, 0.25) is 0 Å². The lowest BCUT2D eigenvalue weighted by molar-refractivity contribution is -0.141. The summed E-state index contributed by atoms with van der Waals surface area (Å²) in [6.07, 6.45) is 2.22. The first kappa shape index (κ1) is 24.6. The van der Waals surface area contributed by atoms with Gasteiger partial charge in [0.05, 0.1) is 23.8 Å². The average molecular weight is 490 g/mol. The molecule has 4 atom stereocenters. The van der Waals surface area contributed by atoms with Crippen LogP contribution in [-0.4, -0.2) is 56.8 Å². The number of alkyl halides is 3. The first-order valence-electron chi connectivity index (χ1n) is 11.2. The third-order valence-electron chi connectivity index (χ3n) is 6.38. The van der Waals surface area contributed by atoms with Crippen molar-refractivity contribution in [2.75, 3.05) is 11.9 Å². The summed E-state index contributed by atoms with van der Waals surface area (Å²) in [5.74, 6) is -1.31. The number of fused-ring (bicyclic) bond motifs is 1. The maximum absolute atomic E-state index is 13.1. The zero-order valence-corrected chi connectivity index (χ0v) is 19.2. The van der Waals surface area contributed by atoms with Crippen LogP contribution >= 0.6 is 0 Å². The van der Waals surface area contributed by atoms with Crippen LogP contribution in [0.15, 0.2) is 40.8 Å². The summed E-state index contributed by atoms with van der Waals surface area (Å²) in [6.45, 7) is 3.09. The lowest BCUT2D eigenvalue weighted by Gasteiger charge is -2.26. The van der Waals surface area contributed by atoms with E-state index in [1.54, 1.807) is 6.08 Å². The Balaban J connectivity index is 1.49. The Labute approximate surface area is 199 Å². The summed E-state index contributed by atoms with van der Waals surface area (Å²) < 4.78 is 38.7. The number of halogens is 3. The number of likely N-dealkylation sites (tertiary alicyclic amines) is 1. The highest BCUT2D eigenvalue weighted by Crippen LogP contribution is 2.48. The second-order valence-electron chi connectivity index (χ2n) is 9.08. The van der Waals surface area contributed by atoms with E-state index in [2.05, 4.69) is 20.3 Å². The zero-order chi connectivity index (χ0) is 25.5. The SMILES string of the molecule is CC(=O)C(N)=C1CC(C)C=CC1=NCC(=O)N1C(C(=O)Nc2cncc(C(F)(F)F)n2)CC2C[C@H]21. The van der Waals surface area contributed by atoms with Crippen molar-refractivity contribution in [3.05, 3.63) is 41.5 Å². The number of hydrogen-bond donors (Lipinski definition) is 2. The normalized spacial score (nSPS) is 28.0. The number of nitrogens with two attached hydrogens (primary N) is 1. The molecule has 1 aromatic rings. The fourth-order valence-electron chi connectivity index (χ4n) is 4.52. The molecule has 2 amide bonds. The maximum atomic E-state index is 13.1. The molecule has 0 spiro atoms. The number of carbonyl (C=O) groups excluding carboxylic acids is 3. The summed E-state index contributed by atoms with van der Waals surface area (Å²) in [5.41, 5.74) is 5.88. The molecule has 0 aromatic carbocycles. The summed E-state index contributed by atoms with van der Waals surface area (Å²) in [7, 11) is 0. The van der Waals surface area contributed by atoms with Crippen LogP contribution < -0.4 is 11.1 Å². The molecule has 1 aliphatic heterocycles. The Hall–Kier alpha value is -3.57. The van der Waals surface area contributed by atoms with Gasteiger partial charge in [0.25, 0.3) is 0 Å². The molecule has 2 aliphatic carbocycles. The van der Waals surface area contributed by atoms with E-state index in [0.717, 1.165) is 12.6 Å². The Morgan fingerprint density at radius 2 is 2.00 bits per heavy atom. The molecular formula is C23H25F3N6O3. The van der Waals surface area contributed by atoms with Gasteiger partial charge >= 0.3 is 6.18 Å². The van der Waals surface area contributed by atoms with E-state index in [4.69, 9.17) is 5.73 Å². The number of carbonyl (C=O) groups is 3. The predicted molar refractivity (Wildman–Crippen MR) is 120 cm³/mol. The number of allylic oxidation sites excluding steroid dienone is 4. The minimum atomic E-state index is -4.70. The molecule has 1 aromatic heterocycles. The van der Waals surface area contributed by atoms with Gasteiger partial charge in [0.15, 0.2) is 17.3 Å². The van der Waals surface area contributed by atoms with E-state index >= 15 is 0 Å². The Morgan fingerprint density at radius 1 is 1.26 bits per heavy atom. The van der Waals surface area contributed by atoms with Crippen molar-refractivity contribution in [3.8, 4) is 0 Å². The van der Waals surface area contributed by atoms with Gasteiger partial charge in [0.1, 0.15) is 12.6 Å². The van der Waals surface area contributed by atoms with Crippen LogP contribution in [0.4, 0.5) is 19.0 Å². The van der Waals surface area contributed by atoms with Crippen molar-refractivity contribution < 1.29 is 27.6 Å². The molecule has 2 heterocycles. The number of rotatable bonds is 5. The quantitative estimate of drug-likeness (QED) is 0.609. The molecule has 3 unspecified atom stereocenters. The van der Waals surface area contributed by atoms with Gasteiger partial charge < -0.3 is 16.0 Å². The number of hydrogen-bond acceptors (Lipinski definition) is 7. The summed E-state index contributed by atoms with van der Waals surface area (Å²) >= 11 is 0. The van der Waals surface area contributed by atoms with Gasteiger partial charge in [-0.2, -0.15) is 13.2 Å². The molecule has 1 saturated heterocycles. The molecule has 12 heteroatoms. The van der Waals surface area contributed by atoms with Crippen molar-refractivity contribution in [3.63, 3.8) is 0 Å². The highest BCUT2D eigenvalue weighted by atomic mass is 19.4. The van der Waals surface area contributed by atoms with Gasteiger partial charge in [-0.3, -0.25) is 24.4 Å². The molecular weight excluding hydrogens is 465 g/mol. The van der Waals surface area contributed by atoms with Gasteiger partial charge in [-0.05, 0) is 37.2 Å². The van der Waals surface area contributed by atoms with Crippen LogP contribution in [0.1, 0.15) is 38.8 Å². The van der Waals surface area contributed by atoms with Crippen molar-refractivity contribution in [2.45, 2.75) is 51.4 Å². The first-order valence-corrected chi connectivity index (χ1v) is 11.2. The molecule has 3 N–H and O–H groups in total. The maximum Gasteiger partial charge on any atom is 0.434 e. The lowest BCUT2D eigenvalue weighted by Crippen LogP contribution is -2.46. The van der Waals surface area contributed by atoms with Crippen molar-refractivity contribution >= 4 is 29.1 Å². The standard InChI is InChI=1S/C23H25F3N6O3/c1-11-3-4-15(14(5-11)21(27)12(2)33)29-10-20(34)32-16-6-13(16)7-17(32)22(35)31-19-9-28-8-18(30-19)23(24,25)26/h3-4,8-9,11,13,16-17H,5-7,10,27H2,1-2H3,(H,30,31,35)/t11?,13?,16-,17?/m1/s1. The second kappa shape index (κ2) is 9.23. The molecule has 4 rings (SSSR count). The van der Waals surface area contributed by atoms with E-state index in [1.165, 1.54) is 11.8 Å². The molecule has 3 aliphatic rings. The van der Waals surface area contributed by atoms with E-state index in [9.17, 15) is 27.6 Å². The summed E-state index contributed by atoms with van der Waals surface area (Å²) in [6, 6.07) is -0.952. The van der Waals surface area contributed by atoms with Gasteiger partial charge in [-0.25, -0.2) is 4.98 Å². The number of nitrogens with one attached hydrogen (secondary N) is 1. The van der Waals surface area contributed by atoms with Crippen molar-refractivity contribution in [2.24, 2.45) is 22.6 Å². The fourth-order valence-corrected chi connectivity index (χ4v) is 4.52. The Morgan fingerprint density at radius 3 is 2.69 bits per heavy atom. The number of aliphatic imine (C=N–C) groups is 1. The average Bonchev–Trinajstić information content (AvgIpc) is 3.46. The molecule has 0 bridgehead atoms. The van der Waals surface area contributed by atoms with E-state index in [0.29, 0.717) is 30.3 Å². The lowest BCUT2D eigenvalue weighted by atomic mass is 9.89. The largest absolute Gasteiger partial charge is 0.434 e. The molecule has 0 radical (unpaired) electrons. The topological polar surface area (TPSA) is 131 Å². The van der Waals surface area contributed by atoms with Crippen molar-refractivity contribution in [1.29, 1.82) is 0 Å². The number of piperidine rings is 1. The summed E-state index contributed by atoms with van der Waals surface area (Å²) in [5, 5.41) is 2.35. The van der Waals surface area contributed by atoms with E-state index < -0.39 is 23.8 Å². The molecule has 1 saturated carbocycles. The number of anilines is 1. The van der Waals surface area contributed by atoms with Gasteiger partial charge in [-0.1, -0.05) is 13.0 Å². The van der Waals surface area contributed by atoms with Gasteiger partial charge in [0.2, 0.25) is 11.8 Å². The first-order chi connectivity index (χ1) is 16.5. The third kappa shape index (κ3) is 5.25. The smallest absolute Gasteiger partial charge is 0.396 e. The third-order valence-corrected chi connectivity index (χ3v) is 6.38. The second-order valence-corrected chi connectivity index (χ2v) is 9.08. The number of Topliss-reactive ketones (excluding diaryl/α,β-unsaturated/α-hetero) is 1. The zero-order valence-electron chi connectivity index (χ0n) is 19.2. The molecule has 9 nitrogen and oxygen atoms in total. The minimum absolute atomic E-state index is 0.106. The highest BCUT2D eigenvalue weighted by molar-refractivity contribution is 6.14. The van der Waals surface area contributed by atoms with Gasteiger partial charge in [0, 0.05) is 18.5 Å². The predicted octanol–water partition coefficient (Wildman–Crippen LogP) is 2.26. The number of amides is 2. The Bertz CT molecular complexity index is 1160. The number of ketones is 1. The van der Waals surface area contributed by atoms with Crippen LogP contribution in [0.5, 0.6) is 0 Å². The highest BCUT2D eigenvalue weighted by Gasteiger charge is 2.56. The molecule has 186 valence electrons. The van der Waals surface area contributed by atoms with Crippen molar-refractivity contribution in [1.82, 2.24) is 14.9 Å². The van der Waals surface area contributed by atoms with Crippen LogP contribution in [0.3, 0.4) is 0 Å². The van der Waals surface area contributed by atoms with E-state index in [1.807, 2.05) is 13.0 Å². The Kier molecular flexibility index (Phi) is 6.48. The number of aromatic nitrogens is 2. The van der Waals surface area contributed by atoms with Crippen LogP contribution in [0.25, 0.3) is 0 Å². The summed E-state index contributed by atoms with van der Waals surface area (Å²) in [4.78, 5) is 50.4. The van der Waals surface area contributed by atoms with Crippen LogP contribution in [0, 0.1) is 11.8 Å². The van der Waals surface area contributed by atoms with Crippen LogP contribution in [-0.2, 0) is 20.6 Å². The van der Waals surface area contributed by atoms with E-state index in [-0.39, 0.29) is 47.6 Å². The van der Waals surface area contributed by atoms with Gasteiger partial charge in [-0.15, -0.1) is 0 Å². The monoisotopic (exact) mass is 490 g/mol.